The molecule has 3 saturated heterocycles. The van der Waals surface area contributed by atoms with Crippen molar-refractivity contribution in [3.8, 4) is 0 Å². The predicted molar refractivity (Wildman–Crippen MR) is 135 cm³/mol. The Hall–Kier alpha value is -1.79. The molecule has 0 aromatic carbocycles. The van der Waals surface area contributed by atoms with Gasteiger partial charge in [0, 0.05) is 42.0 Å². The molecule has 0 spiro atoms. The number of hydrogen-bond donors (Lipinski definition) is 1. The van der Waals surface area contributed by atoms with Gasteiger partial charge >= 0.3 is 0 Å². The molecule has 3 aliphatic rings. The topological polar surface area (TPSA) is 103 Å². The molecule has 2 aromatic heterocycles. The van der Waals surface area contributed by atoms with Crippen LogP contribution in [0.2, 0.25) is 5.15 Å². The molecule has 0 saturated carbocycles. The fourth-order valence-corrected chi connectivity index (χ4v) is 8.25. The number of piperidine rings is 1. The first-order valence-electron chi connectivity index (χ1n) is 12.2. The van der Waals surface area contributed by atoms with Crippen molar-refractivity contribution in [1.29, 1.82) is 0 Å². The van der Waals surface area contributed by atoms with E-state index in [1.807, 2.05) is 4.90 Å². The van der Waals surface area contributed by atoms with Gasteiger partial charge in [-0.1, -0.05) is 11.6 Å². The number of carbonyl (C=O) groups excluding carboxylic acids is 2. The lowest BCUT2D eigenvalue weighted by Crippen LogP contribution is -2.55. The minimum absolute atomic E-state index is 0.00226. The molecule has 0 radical (unpaired) electrons. The van der Waals surface area contributed by atoms with E-state index in [1.165, 1.54) is 30.0 Å². The van der Waals surface area contributed by atoms with Gasteiger partial charge in [0.25, 0.3) is 10.0 Å². The second-order valence-corrected chi connectivity index (χ2v) is 12.9. The van der Waals surface area contributed by atoms with Gasteiger partial charge < -0.3 is 14.7 Å². The number of thiophene rings is 1. The summed E-state index contributed by atoms with van der Waals surface area (Å²) in [6.07, 6.45) is 6.96. The number of pyridine rings is 1. The third-order valence-electron chi connectivity index (χ3n) is 7.16. The number of carbonyl (C=O) groups is 2. The maximum Gasteiger partial charge on any atom is 0.250 e. The number of amides is 2. The smallest absolute Gasteiger partial charge is 0.250 e. The number of halogens is 1. The van der Waals surface area contributed by atoms with Crippen molar-refractivity contribution < 1.29 is 18.0 Å². The number of sulfonamides is 1. The molecule has 0 unspecified atom stereocenters. The summed E-state index contributed by atoms with van der Waals surface area (Å²) in [5, 5.41) is 0.805. The highest BCUT2D eigenvalue weighted by Gasteiger charge is 2.36. The maximum absolute atomic E-state index is 13.2. The van der Waals surface area contributed by atoms with E-state index in [9.17, 15) is 18.0 Å². The third-order valence-corrected chi connectivity index (χ3v) is 10.5. The molecule has 190 valence electrons. The maximum atomic E-state index is 13.2. The van der Waals surface area contributed by atoms with Crippen LogP contribution in [0.15, 0.2) is 22.5 Å². The van der Waals surface area contributed by atoms with Crippen LogP contribution in [0.5, 0.6) is 0 Å². The first kappa shape index (κ1) is 24.9. The van der Waals surface area contributed by atoms with Crippen LogP contribution in [0, 0.1) is 0 Å². The van der Waals surface area contributed by atoms with Gasteiger partial charge in [0.1, 0.15) is 15.4 Å². The van der Waals surface area contributed by atoms with Gasteiger partial charge in [-0.3, -0.25) is 9.59 Å². The van der Waals surface area contributed by atoms with E-state index >= 15 is 0 Å². The fourth-order valence-electron chi connectivity index (χ4n) is 5.36. The molecule has 2 aromatic rings. The first-order chi connectivity index (χ1) is 16.8. The molecule has 2 amide bonds. The minimum Gasteiger partial charge on any atom is -0.337 e. The minimum atomic E-state index is -3.93. The van der Waals surface area contributed by atoms with Crippen LogP contribution >= 0.6 is 22.9 Å². The van der Waals surface area contributed by atoms with Crippen molar-refractivity contribution in [3.05, 3.63) is 23.5 Å². The fraction of sp³-hybridized carbons (Fsp3) is 0.609. The SMILES string of the molecule is O=C1[C@@H](NS(=O)(=O)c2cc3c(Cl)nccc3s2)CCCN1CC(=O)N1CCC[C@H]1CN1CCCC1. The van der Waals surface area contributed by atoms with Crippen LogP contribution in [0.1, 0.15) is 38.5 Å². The summed E-state index contributed by atoms with van der Waals surface area (Å²) in [6.45, 7) is 4.26. The zero-order valence-corrected chi connectivity index (χ0v) is 21.9. The number of rotatable bonds is 7. The summed E-state index contributed by atoms with van der Waals surface area (Å²) in [5.41, 5.74) is 0. The predicted octanol–water partition coefficient (Wildman–Crippen LogP) is 2.31. The van der Waals surface area contributed by atoms with Crippen LogP contribution in [0.4, 0.5) is 0 Å². The van der Waals surface area contributed by atoms with Crippen LogP contribution in [-0.2, 0) is 19.6 Å². The highest BCUT2D eigenvalue weighted by atomic mass is 35.5. The highest BCUT2D eigenvalue weighted by molar-refractivity contribution is 7.91. The summed E-state index contributed by atoms with van der Waals surface area (Å²) >= 11 is 7.18. The second kappa shape index (κ2) is 10.3. The van der Waals surface area contributed by atoms with Crippen molar-refractivity contribution in [2.24, 2.45) is 0 Å². The van der Waals surface area contributed by atoms with Crippen molar-refractivity contribution in [3.63, 3.8) is 0 Å². The van der Waals surface area contributed by atoms with E-state index in [4.69, 9.17) is 11.6 Å². The van der Waals surface area contributed by atoms with E-state index in [0.29, 0.717) is 29.5 Å². The molecule has 9 nitrogen and oxygen atoms in total. The first-order valence-corrected chi connectivity index (χ1v) is 14.9. The standard InChI is InChI=1S/C23H30ClN5O4S2/c24-22-17-13-21(34-19(17)7-8-25-22)35(32,33)26-18-6-4-11-28(23(18)31)15-20(30)29-12-3-5-16(29)14-27-9-1-2-10-27/h7-8,13,16,18,26H,1-6,9-12,14-15H2/t16-,18-/m0/s1. The molecule has 5 rings (SSSR count). The molecular formula is C23H30ClN5O4S2. The summed E-state index contributed by atoms with van der Waals surface area (Å²) in [6, 6.07) is 2.50. The number of likely N-dealkylation sites (tertiary alicyclic amines) is 3. The Bertz CT molecular complexity index is 1210. The van der Waals surface area contributed by atoms with Crippen molar-refractivity contribution in [2.45, 2.75) is 54.8 Å². The van der Waals surface area contributed by atoms with E-state index in [1.54, 1.807) is 6.07 Å². The van der Waals surface area contributed by atoms with Crippen molar-refractivity contribution in [1.82, 2.24) is 24.4 Å². The molecule has 0 aliphatic carbocycles. The molecule has 1 N–H and O–H groups in total. The summed E-state index contributed by atoms with van der Waals surface area (Å²) in [5.74, 6) is -0.389. The Morgan fingerprint density at radius 3 is 2.69 bits per heavy atom. The van der Waals surface area contributed by atoms with Crippen LogP contribution in [0.25, 0.3) is 10.1 Å². The molecule has 35 heavy (non-hydrogen) atoms. The van der Waals surface area contributed by atoms with E-state index < -0.39 is 16.1 Å². The molecular weight excluding hydrogens is 510 g/mol. The number of fused-ring (bicyclic) bond motifs is 1. The zero-order valence-electron chi connectivity index (χ0n) is 19.5. The van der Waals surface area contributed by atoms with Gasteiger partial charge in [-0.05, 0) is 63.7 Å². The van der Waals surface area contributed by atoms with Crippen molar-refractivity contribution in [2.75, 3.05) is 39.3 Å². The van der Waals surface area contributed by atoms with E-state index in [0.717, 1.165) is 50.4 Å². The van der Waals surface area contributed by atoms with Gasteiger partial charge in [-0.2, -0.15) is 4.72 Å². The Balaban J connectivity index is 1.23. The van der Waals surface area contributed by atoms with Crippen LogP contribution in [-0.4, -0.2) is 91.3 Å². The van der Waals surface area contributed by atoms with E-state index in [-0.39, 0.29) is 33.8 Å². The Kier molecular flexibility index (Phi) is 7.32. The largest absolute Gasteiger partial charge is 0.337 e. The number of nitrogens with one attached hydrogen (secondary N) is 1. The number of hydrogen-bond acceptors (Lipinski definition) is 7. The van der Waals surface area contributed by atoms with Gasteiger partial charge in [-0.25, -0.2) is 13.4 Å². The molecule has 2 atom stereocenters. The monoisotopic (exact) mass is 539 g/mol. The summed E-state index contributed by atoms with van der Waals surface area (Å²) in [7, 11) is -3.93. The molecule has 5 heterocycles. The lowest BCUT2D eigenvalue weighted by atomic mass is 10.1. The highest BCUT2D eigenvalue weighted by Crippen LogP contribution is 2.32. The Morgan fingerprint density at radius 2 is 1.91 bits per heavy atom. The summed E-state index contributed by atoms with van der Waals surface area (Å²) < 4.78 is 29.5. The van der Waals surface area contributed by atoms with Gasteiger partial charge in [0.2, 0.25) is 11.8 Å². The summed E-state index contributed by atoms with van der Waals surface area (Å²) in [4.78, 5) is 36.2. The van der Waals surface area contributed by atoms with Crippen LogP contribution < -0.4 is 4.72 Å². The quantitative estimate of drug-likeness (QED) is 0.542. The van der Waals surface area contributed by atoms with E-state index in [2.05, 4.69) is 14.6 Å². The molecule has 3 aliphatic heterocycles. The zero-order chi connectivity index (χ0) is 24.6. The second-order valence-electron chi connectivity index (χ2n) is 9.55. The van der Waals surface area contributed by atoms with Crippen LogP contribution in [0.3, 0.4) is 0 Å². The Morgan fingerprint density at radius 1 is 1.14 bits per heavy atom. The average Bonchev–Trinajstić information content (AvgIpc) is 3.58. The van der Waals surface area contributed by atoms with Crippen molar-refractivity contribution >= 4 is 54.9 Å². The molecule has 12 heteroatoms. The number of aromatic nitrogens is 1. The van der Waals surface area contributed by atoms with Gasteiger partial charge in [0.05, 0.1) is 6.54 Å². The normalized spacial score (nSPS) is 24.1. The molecule has 3 fully saturated rings. The van der Waals surface area contributed by atoms with Gasteiger partial charge in [0.15, 0.2) is 0 Å². The third kappa shape index (κ3) is 5.34. The average molecular weight is 540 g/mol. The van der Waals surface area contributed by atoms with Gasteiger partial charge in [-0.15, -0.1) is 11.3 Å². The number of nitrogens with zero attached hydrogens (tertiary/aromatic N) is 4. The lowest BCUT2D eigenvalue weighted by molar-refractivity contribution is -0.143. The Labute approximate surface area is 214 Å². The lowest BCUT2D eigenvalue weighted by Gasteiger charge is -2.34. The molecule has 0 bridgehead atoms.